The van der Waals surface area contributed by atoms with E-state index in [1.165, 1.54) is 18.4 Å². The molecule has 0 N–H and O–H groups in total. The Labute approximate surface area is 115 Å². The van der Waals surface area contributed by atoms with Gasteiger partial charge in [0, 0.05) is 6.04 Å². The first-order chi connectivity index (χ1) is 9.28. The van der Waals surface area contributed by atoms with E-state index in [9.17, 15) is 0 Å². The fourth-order valence-electron chi connectivity index (χ4n) is 2.73. The van der Waals surface area contributed by atoms with Crippen molar-refractivity contribution in [2.24, 2.45) is 0 Å². The lowest BCUT2D eigenvalue weighted by atomic mass is 9.99. The van der Waals surface area contributed by atoms with Crippen LogP contribution in [0, 0.1) is 11.3 Å². The minimum atomic E-state index is 0.446. The molecule has 1 heterocycles. The molecule has 2 rings (SSSR count). The standard InChI is InChI=1S/C16H22N2O/c1-3-7-18(8-4-2)15-10-14-9-13(11-17)5-6-16(14)19-12-15/h5-6,9,15H,3-4,7-8,10,12H2,1-2H3/t15-/m0/s1. The van der Waals surface area contributed by atoms with Gasteiger partial charge in [-0.25, -0.2) is 0 Å². The van der Waals surface area contributed by atoms with Crippen LogP contribution in [0.3, 0.4) is 0 Å². The summed E-state index contributed by atoms with van der Waals surface area (Å²) in [6, 6.07) is 8.37. The van der Waals surface area contributed by atoms with Gasteiger partial charge in [0.25, 0.3) is 0 Å². The van der Waals surface area contributed by atoms with E-state index < -0.39 is 0 Å². The second-order valence-corrected chi connectivity index (χ2v) is 5.14. The normalized spacial score (nSPS) is 17.7. The Balaban J connectivity index is 2.13. The van der Waals surface area contributed by atoms with Gasteiger partial charge in [0.05, 0.1) is 11.6 Å². The lowest BCUT2D eigenvalue weighted by molar-refractivity contribution is 0.119. The molecule has 1 aliphatic rings. The summed E-state index contributed by atoms with van der Waals surface area (Å²) in [6.45, 7) is 7.44. The van der Waals surface area contributed by atoms with Crippen LogP contribution in [0.15, 0.2) is 18.2 Å². The van der Waals surface area contributed by atoms with Crippen LogP contribution in [0.4, 0.5) is 0 Å². The van der Waals surface area contributed by atoms with Crippen molar-refractivity contribution in [2.45, 2.75) is 39.2 Å². The van der Waals surface area contributed by atoms with E-state index in [0.29, 0.717) is 6.04 Å². The highest BCUT2D eigenvalue weighted by molar-refractivity contribution is 5.43. The number of nitriles is 1. The summed E-state index contributed by atoms with van der Waals surface area (Å²) in [5, 5.41) is 8.98. The van der Waals surface area contributed by atoms with Crippen LogP contribution in [-0.2, 0) is 6.42 Å². The van der Waals surface area contributed by atoms with Crippen molar-refractivity contribution in [3.05, 3.63) is 29.3 Å². The average molecular weight is 258 g/mol. The monoisotopic (exact) mass is 258 g/mol. The maximum absolute atomic E-state index is 8.98. The molecule has 1 aliphatic heterocycles. The summed E-state index contributed by atoms with van der Waals surface area (Å²) in [6.07, 6.45) is 3.33. The van der Waals surface area contributed by atoms with Crippen LogP contribution in [0.5, 0.6) is 5.75 Å². The van der Waals surface area contributed by atoms with Gasteiger partial charge in [-0.1, -0.05) is 13.8 Å². The molecule has 0 saturated heterocycles. The molecule has 0 unspecified atom stereocenters. The molecule has 1 atom stereocenters. The Hall–Kier alpha value is -1.53. The molecule has 0 saturated carbocycles. The summed E-state index contributed by atoms with van der Waals surface area (Å²) in [5.74, 6) is 0.947. The molecule has 0 spiro atoms. The predicted molar refractivity (Wildman–Crippen MR) is 76.3 cm³/mol. The van der Waals surface area contributed by atoms with Crippen molar-refractivity contribution in [2.75, 3.05) is 19.7 Å². The molecule has 3 heteroatoms. The van der Waals surface area contributed by atoms with Gasteiger partial charge in [0.1, 0.15) is 12.4 Å². The van der Waals surface area contributed by atoms with Gasteiger partial charge < -0.3 is 4.74 Å². The van der Waals surface area contributed by atoms with Crippen molar-refractivity contribution in [3.8, 4) is 11.8 Å². The number of ether oxygens (including phenoxy) is 1. The quantitative estimate of drug-likeness (QED) is 0.814. The summed E-state index contributed by atoms with van der Waals surface area (Å²) >= 11 is 0. The number of benzene rings is 1. The minimum Gasteiger partial charge on any atom is -0.492 e. The molecule has 1 aromatic carbocycles. The van der Waals surface area contributed by atoms with Gasteiger partial charge in [-0.2, -0.15) is 5.26 Å². The zero-order valence-electron chi connectivity index (χ0n) is 11.9. The maximum atomic E-state index is 8.98. The SMILES string of the molecule is CCCN(CCC)[C@@H]1COc2ccc(C#N)cc2C1. The molecule has 0 aromatic heterocycles. The molecular weight excluding hydrogens is 236 g/mol. The molecule has 0 fully saturated rings. The smallest absolute Gasteiger partial charge is 0.122 e. The Kier molecular flexibility index (Phi) is 4.81. The van der Waals surface area contributed by atoms with Gasteiger partial charge >= 0.3 is 0 Å². The molecule has 1 aromatic rings. The van der Waals surface area contributed by atoms with E-state index >= 15 is 0 Å². The minimum absolute atomic E-state index is 0.446. The predicted octanol–water partition coefficient (Wildman–Crippen LogP) is 2.98. The summed E-state index contributed by atoms with van der Waals surface area (Å²) in [4.78, 5) is 2.52. The number of fused-ring (bicyclic) bond motifs is 1. The van der Waals surface area contributed by atoms with Crippen LogP contribution in [0.25, 0.3) is 0 Å². The lowest BCUT2D eigenvalue weighted by Crippen LogP contribution is -2.44. The van der Waals surface area contributed by atoms with Crippen LogP contribution < -0.4 is 4.74 Å². The van der Waals surface area contributed by atoms with E-state index in [-0.39, 0.29) is 0 Å². The fourth-order valence-corrected chi connectivity index (χ4v) is 2.73. The number of hydrogen-bond acceptors (Lipinski definition) is 3. The first-order valence-corrected chi connectivity index (χ1v) is 7.18. The molecular formula is C16H22N2O. The van der Waals surface area contributed by atoms with Gasteiger partial charge in [-0.05, 0) is 56.1 Å². The third-order valence-electron chi connectivity index (χ3n) is 3.61. The topological polar surface area (TPSA) is 36.3 Å². The van der Waals surface area contributed by atoms with Gasteiger partial charge in [-0.15, -0.1) is 0 Å². The summed E-state index contributed by atoms with van der Waals surface area (Å²) in [7, 11) is 0. The van der Waals surface area contributed by atoms with E-state index in [2.05, 4.69) is 24.8 Å². The van der Waals surface area contributed by atoms with E-state index in [1.807, 2.05) is 18.2 Å². The van der Waals surface area contributed by atoms with Gasteiger partial charge in [-0.3, -0.25) is 4.90 Å². The zero-order valence-corrected chi connectivity index (χ0v) is 11.9. The largest absolute Gasteiger partial charge is 0.492 e. The Morgan fingerprint density at radius 2 is 2.05 bits per heavy atom. The van der Waals surface area contributed by atoms with Crippen molar-refractivity contribution < 1.29 is 4.74 Å². The van der Waals surface area contributed by atoms with Crippen LogP contribution in [0.2, 0.25) is 0 Å². The first kappa shape index (κ1) is 13.9. The first-order valence-electron chi connectivity index (χ1n) is 7.18. The highest BCUT2D eigenvalue weighted by Gasteiger charge is 2.24. The average Bonchev–Trinajstić information content (AvgIpc) is 2.46. The summed E-state index contributed by atoms with van der Waals surface area (Å²) < 4.78 is 5.86. The second kappa shape index (κ2) is 6.58. The van der Waals surface area contributed by atoms with Crippen LogP contribution >= 0.6 is 0 Å². The van der Waals surface area contributed by atoms with E-state index in [4.69, 9.17) is 10.00 Å². The summed E-state index contributed by atoms with van der Waals surface area (Å²) in [5.41, 5.74) is 1.90. The Morgan fingerprint density at radius 3 is 2.68 bits per heavy atom. The third-order valence-corrected chi connectivity index (χ3v) is 3.61. The molecule has 102 valence electrons. The zero-order chi connectivity index (χ0) is 13.7. The Bertz CT molecular complexity index is 458. The molecule has 19 heavy (non-hydrogen) atoms. The van der Waals surface area contributed by atoms with E-state index in [1.54, 1.807) is 0 Å². The highest BCUT2D eigenvalue weighted by atomic mass is 16.5. The maximum Gasteiger partial charge on any atom is 0.122 e. The molecule has 0 radical (unpaired) electrons. The van der Waals surface area contributed by atoms with Crippen molar-refractivity contribution >= 4 is 0 Å². The van der Waals surface area contributed by atoms with E-state index in [0.717, 1.165) is 37.4 Å². The van der Waals surface area contributed by atoms with Crippen molar-refractivity contribution in [1.82, 2.24) is 4.90 Å². The van der Waals surface area contributed by atoms with Gasteiger partial charge in [0.15, 0.2) is 0 Å². The van der Waals surface area contributed by atoms with Crippen molar-refractivity contribution in [1.29, 1.82) is 5.26 Å². The van der Waals surface area contributed by atoms with Crippen LogP contribution in [-0.4, -0.2) is 30.6 Å². The highest BCUT2D eigenvalue weighted by Crippen LogP contribution is 2.27. The van der Waals surface area contributed by atoms with Crippen LogP contribution in [0.1, 0.15) is 37.8 Å². The molecule has 3 nitrogen and oxygen atoms in total. The van der Waals surface area contributed by atoms with Crippen molar-refractivity contribution in [3.63, 3.8) is 0 Å². The second-order valence-electron chi connectivity index (χ2n) is 5.14. The lowest BCUT2D eigenvalue weighted by Gasteiger charge is -2.34. The van der Waals surface area contributed by atoms with Gasteiger partial charge in [0.2, 0.25) is 0 Å². The fraction of sp³-hybridized carbons (Fsp3) is 0.562. The number of rotatable bonds is 5. The molecule has 0 bridgehead atoms. The molecule has 0 amide bonds. The Morgan fingerprint density at radius 1 is 1.32 bits per heavy atom. The number of hydrogen-bond donors (Lipinski definition) is 0. The number of nitrogens with zero attached hydrogens (tertiary/aromatic N) is 2. The third kappa shape index (κ3) is 3.27. The molecule has 0 aliphatic carbocycles.